The van der Waals surface area contributed by atoms with Gasteiger partial charge in [-0.25, -0.2) is 0 Å². The monoisotopic (exact) mass is 341 g/mol. The van der Waals surface area contributed by atoms with Crippen LogP contribution in [0.25, 0.3) is 0 Å². The molecule has 124 valence electrons. The Labute approximate surface area is 144 Å². The standard InChI is InChI=1S/C18H19N3O2S/c1-20-15(9-10-19-20)18(23)21(12-14-6-3-2-4-7-14)13-16(22)17-8-5-11-24-17/h2-11,16,22H,12-13H2,1H3/t16-/m1/s1. The van der Waals surface area contributed by atoms with E-state index in [1.54, 1.807) is 28.9 Å². The van der Waals surface area contributed by atoms with E-state index in [9.17, 15) is 9.90 Å². The van der Waals surface area contributed by atoms with E-state index < -0.39 is 6.10 Å². The number of carbonyl (C=O) groups excluding carboxylic acids is 1. The van der Waals surface area contributed by atoms with E-state index in [-0.39, 0.29) is 12.5 Å². The van der Waals surface area contributed by atoms with E-state index in [2.05, 4.69) is 5.10 Å². The van der Waals surface area contributed by atoms with Gasteiger partial charge in [0, 0.05) is 24.7 Å². The zero-order chi connectivity index (χ0) is 16.9. The SMILES string of the molecule is Cn1nccc1C(=O)N(Cc1ccccc1)C[C@@H](O)c1cccs1. The van der Waals surface area contributed by atoms with Gasteiger partial charge < -0.3 is 10.0 Å². The van der Waals surface area contributed by atoms with Crippen LogP contribution in [0.15, 0.2) is 60.1 Å². The Morgan fingerprint density at radius 2 is 2.04 bits per heavy atom. The largest absolute Gasteiger partial charge is 0.386 e. The van der Waals surface area contributed by atoms with E-state index in [0.717, 1.165) is 10.4 Å². The maximum Gasteiger partial charge on any atom is 0.272 e. The van der Waals surface area contributed by atoms with Crippen molar-refractivity contribution in [2.24, 2.45) is 7.05 Å². The first-order valence-corrected chi connectivity index (χ1v) is 8.56. The van der Waals surface area contributed by atoms with Gasteiger partial charge in [-0.2, -0.15) is 5.10 Å². The predicted molar refractivity (Wildman–Crippen MR) is 93.7 cm³/mol. The van der Waals surface area contributed by atoms with Gasteiger partial charge >= 0.3 is 0 Å². The summed E-state index contributed by atoms with van der Waals surface area (Å²) in [6.45, 7) is 0.673. The van der Waals surface area contributed by atoms with Crippen molar-refractivity contribution in [1.29, 1.82) is 0 Å². The van der Waals surface area contributed by atoms with Crippen molar-refractivity contribution in [3.8, 4) is 0 Å². The number of nitrogens with zero attached hydrogens (tertiary/aromatic N) is 3. The zero-order valence-electron chi connectivity index (χ0n) is 13.4. The van der Waals surface area contributed by atoms with Crippen LogP contribution in [0.3, 0.4) is 0 Å². The number of benzene rings is 1. The summed E-state index contributed by atoms with van der Waals surface area (Å²) in [5, 5.41) is 16.5. The smallest absolute Gasteiger partial charge is 0.272 e. The summed E-state index contributed by atoms with van der Waals surface area (Å²) in [4.78, 5) is 15.4. The second kappa shape index (κ2) is 7.42. The molecule has 1 amide bonds. The fraction of sp³-hybridized carbons (Fsp3) is 0.222. The van der Waals surface area contributed by atoms with Gasteiger partial charge in [0.1, 0.15) is 11.8 Å². The normalized spacial score (nSPS) is 12.1. The number of aryl methyl sites for hydroxylation is 1. The lowest BCUT2D eigenvalue weighted by Crippen LogP contribution is -2.35. The molecule has 0 saturated heterocycles. The molecular formula is C18H19N3O2S. The molecule has 3 aromatic rings. The first-order valence-electron chi connectivity index (χ1n) is 7.68. The maximum absolute atomic E-state index is 12.9. The highest BCUT2D eigenvalue weighted by atomic mass is 32.1. The number of aromatic nitrogens is 2. The molecule has 0 unspecified atom stereocenters. The van der Waals surface area contributed by atoms with Crippen LogP contribution < -0.4 is 0 Å². The number of thiophene rings is 1. The number of aliphatic hydroxyl groups is 1. The van der Waals surface area contributed by atoms with Crippen molar-refractivity contribution in [2.45, 2.75) is 12.6 Å². The van der Waals surface area contributed by atoms with E-state index in [4.69, 9.17) is 0 Å². The maximum atomic E-state index is 12.9. The van der Waals surface area contributed by atoms with Crippen LogP contribution in [0, 0.1) is 0 Å². The molecule has 0 bridgehead atoms. The minimum absolute atomic E-state index is 0.144. The van der Waals surface area contributed by atoms with E-state index >= 15 is 0 Å². The summed E-state index contributed by atoms with van der Waals surface area (Å²) < 4.78 is 1.55. The second-order valence-electron chi connectivity index (χ2n) is 5.54. The highest BCUT2D eigenvalue weighted by molar-refractivity contribution is 7.10. The van der Waals surface area contributed by atoms with Crippen molar-refractivity contribution in [3.63, 3.8) is 0 Å². The minimum Gasteiger partial charge on any atom is -0.386 e. The van der Waals surface area contributed by atoms with E-state index in [0.29, 0.717) is 12.2 Å². The third kappa shape index (κ3) is 3.72. The Morgan fingerprint density at radius 3 is 2.67 bits per heavy atom. The van der Waals surface area contributed by atoms with Crippen molar-refractivity contribution < 1.29 is 9.90 Å². The molecule has 0 radical (unpaired) electrons. The minimum atomic E-state index is -0.703. The van der Waals surface area contributed by atoms with Crippen molar-refractivity contribution >= 4 is 17.2 Å². The molecule has 0 aliphatic carbocycles. The predicted octanol–water partition coefficient (Wildman–Crippen LogP) is 2.86. The lowest BCUT2D eigenvalue weighted by Gasteiger charge is -2.25. The summed E-state index contributed by atoms with van der Waals surface area (Å²) in [6, 6.07) is 15.2. The number of aliphatic hydroxyl groups excluding tert-OH is 1. The third-order valence-corrected chi connectivity index (χ3v) is 4.78. The number of rotatable bonds is 6. The summed E-state index contributed by atoms with van der Waals surface area (Å²) in [5.41, 5.74) is 1.52. The van der Waals surface area contributed by atoms with E-state index in [1.165, 1.54) is 11.3 Å². The van der Waals surface area contributed by atoms with Gasteiger partial charge in [-0.05, 0) is 23.1 Å². The average molecular weight is 341 g/mol. The molecule has 0 fully saturated rings. The highest BCUT2D eigenvalue weighted by Gasteiger charge is 2.22. The molecule has 1 N–H and O–H groups in total. The first-order chi connectivity index (χ1) is 11.6. The molecule has 1 atom stereocenters. The van der Waals surface area contributed by atoms with Crippen LogP contribution in [-0.4, -0.2) is 32.2 Å². The molecule has 2 heterocycles. The van der Waals surface area contributed by atoms with Gasteiger partial charge in [0.25, 0.3) is 5.91 Å². The average Bonchev–Trinajstić information content (AvgIpc) is 3.26. The molecule has 1 aromatic carbocycles. The number of amides is 1. The zero-order valence-corrected chi connectivity index (χ0v) is 14.2. The fourth-order valence-electron chi connectivity index (χ4n) is 2.55. The molecule has 24 heavy (non-hydrogen) atoms. The highest BCUT2D eigenvalue weighted by Crippen LogP contribution is 2.21. The van der Waals surface area contributed by atoms with Gasteiger partial charge in [-0.3, -0.25) is 9.48 Å². The number of carbonyl (C=O) groups is 1. The summed E-state index contributed by atoms with van der Waals surface area (Å²) >= 11 is 1.49. The summed E-state index contributed by atoms with van der Waals surface area (Å²) in [6.07, 6.45) is 0.898. The Kier molecular flexibility index (Phi) is 5.08. The van der Waals surface area contributed by atoms with Crippen molar-refractivity contribution in [1.82, 2.24) is 14.7 Å². The Balaban J connectivity index is 1.83. The third-order valence-electron chi connectivity index (χ3n) is 3.81. The quantitative estimate of drug-likeness (QED) is 0.750. The molecule has 0 aliphatic heterocycles. The molecule has 6 heteroatoms. The van der Waals surface area contributed by atoms with Crippen molar-refractivity contribution in [2.75, 3.05) is 6.54 Å². The van der Waals surface area contributed by atoms with Gasteiger partial charge in [0.2, 0.25) is 0 Å². The molecule has 0 saturated carbocycles. The molecule has 5 nitrogen and oxygen atoms in total. The molecule has 3 rings (SSSR count). The van der Waals surface area contributed by atoms with Crippen LogP contribution in [0.5, 0.6) is 0 Å². The van der Waals surface area contributed by atoms with Crippen LogP contribution >= 0.6 is 11.3 Å². The number of hydrogen-bond donors (Lipinski definition) is 1. The van der Waals surface area contributed by atoms with E-state index in [1.807, 2.05) is 47.8 Å². The molecular weight excluding hydrogens is 322 g/mol. The molecule has 0 aliphatic rings. The Bertz CT molecular complexity index is 784. The summed E-state index contributed by atoms with van der Waals surface area (Å²) in [7, 11) is 1.74. The Morgan fingerprint density at radius 1 is 1.25 bits per heavy atom. The lowest BCUT2D eigenvalue weighted by atomic mass is 10.2. The van der Waals surface area contributed by atoms with Crippen LogP contribution in [0.4, 0.5) is 0 Å². The van der Waals surface area contributed by atoms with Crippen LogP contribution in [-0.2, 0) is 13.6 Å². The van der Waals surface area contributed by atoms with Gasteiger partial charge in [-0.15, -0.1) is 11.3 Å². The second-order valence-corrected chi connectivity index (χ2v) is 6.52. The van der Waals surface area contributed by atoms with Gasteiger partial charge in [0.15, 0.2) is 0 Å². The lowest BCUT2D eigenvalue weighted by molar-refractivity contribution is 0.0598. The van der Waals surface area contributed by atoms with Crippen LogP contribution in [0.1, 0.15) is 27.0 Å². The van der Waals surface area contributed by atoms with Crippen molar-refractivity contribution in [3.05, 3.63) is 76.2 Å². The number of hydrogen-bond acceptors (Lipinski definition) is 4. The molecule has 2 aromatic heterocycles. The Hall–Kier alpha value is -2.44. The van der Waals surface area contributed by atoms with Crippen LogP contribution in [0.2, 0.25) is 0 Å². The first kappa shape index (κ1) is 16.4. The van der Waals surface area contributed by atoms with Gasteiger partial charge in [0.05, 0.1) is 6.54 Å². The fourth-order valence-corrected chi connectivity index (χ4v) is 3.25. The molecule has 0 spiro atoms. The topological polar surface area (TPSA) is 58.4 Å². The summed E-state index contributed by atoms with van der Waals surface area (Å²) in [5.74, 6) is -0.144. The van der Waals surface area contributed by atoms with Gasteiger partial charge in [-0.1, -0.05) is 36.4 Å².